The van der Waals surface area contributed by atoms with Gasteiger partial charge in [0.15, 0.2) is 0 Å². The molecule has 3 aromatic rings. The van der Waals surface area contributed by atoms with Crippen molar-refractivity contribution in [3.05, 3.63) is 78.4 Å². The normalized spacial score (nSPS) is 14.7. The zero-order valence-corrected chi connectivity index (χ0v) is 16.7. The van der Waals surface area contributed by atoms with E-state index < -0.39 is 0 Å². The third kappa shape index (κ3) is 4.66. The summed E-state index contributed by atoms with van der Waals surface area (Å²) in [6.45, 7) is 6.83. The summed E-state index contributed by atoms with van der Waals surface area (Å²) < 4.78 is 7.42. The lowest BCUT2D eigenvalue weighted by Crippen LogP contribution is -2.48. The highest BCUT2D eigenvalue weighted by Crippen LogP contribution is 2.16. The van der Waals surface area contributed by atoms with Gasteiger partial charge in [0.05, 0.1) is 12.9 Å². The molecule has 0 saturated carbocycles. The Morgan fingerprint density at radius 1 is 1.00 bits per heavy atom. The molecule has 1 fully saturated rings. The molecule has 4 rings (SSSR count). The number of ether oxygens (including phenoxy) is 1. The number of hydrogen-bond donors (Lipinski definition) is 0. The van der Waals surface area contributed by atoms with Crippen LogP contribution in [0.1, 0.15) is 22.8 Å². The fourth-order valence-electron chi connectivity index (χ4n) is 3.60. The maximum atomic E-state index is 12.8. The van der Waals surface area contributed by atoms with E-state index >= 15 is 0 Å². The molecular weight excluding hydrogens is 364 g/mol. The molecule has 1 saturated heterocycles. The molecule has 0 radical (unpaired) electrons. The summed E-state index contributed by atoms with van der Waals surface area (Å²) in [4.78, 5) is 21.2. The molecular formula is C23H26N4O2. The van der Waals surface area contributed by atoms with Crippen LogP contribution in [-0.4, -0.2) is 58.0 Å². The first-order valence-corrected chi connectivity index (χ1v) is 10.0. The summed E-state index contributed by atoms with van der Waals surface area (Å²) >= 11 is 0. The maximum Gasteiger partial charge on any atom is 0.253 e. The summed E-state index contributed by atoms with van der Waals surface area (Å²) in [5.74, 6) is 1.01. The minimum atomic E-state index is 0.0999. The summed E-state index contributed by atoms with van der Waals surface area (Å²) in [7, 11) is 0. The molecule has 2 aromatic carbocycles. The summed E-state index contributed by atoms with van der Waals surface area (Å²) in [5, 5.41) is 0. The number of amides is 1. The van der Waals surface area contributed by atoms with Gasteiger partial charge < -0.3 is 14.2 Å². The van der Waals surface area contributed by atoms with Gasteiger partial charge >= 0.3 is 0 Å². The van der Waals surface area contributed by atoms with E-state index in [2.05, 4.69) is 22.0 Å². The van der Waals surface area contributed by atoms with Crippen molar-refractivity contribution in [3.8, 4) is 11.4 Å². The number of nitrogens with zero attached hydrogens (tertiary/aromatic N) is 4. The van der Waals surface area contributed by atoms with Gasteiger partial charge in [-0.2, -0.15) is 0 Å². The Labute approximate surface area is 171 Å². The predicted octanol–water partition coefficient (Wildman–Crippen LogP) is 3.23. The van der Waals surface area contributed by atoms with Crippen LogP contribution in [0.4, 0.5) is 0 Å². The van der Waals surface area contributed by atoms with Crippen LogP contribution >= 0.6 is 0 Å². The zero-order chi connectivity index (χ0) is 20.1. The van der Waals surface area contributed by atoms with Gasteiger partial charge in [0.25, 0.3) is 5.91 Å². The van der Waals surface area contributed by atoms with Crippen LogP contribution in [0.25, 0.3) is 5.69 Å². The summed E-state index contributed by atoms with van der Waals surface area (Å²) in [6.07, 6.45) is 5.38. The molecule has 1 amide bonds. The minimum absolute atomic E-state index is 0.0999. The Morgan fingerprint density at radius 2 is 1.72 bits per heavy atom. The van der Waals surface area contributed by atoms with Gasteiger partial charge in [-0.1, -0.05) is 12.1 Å². The smallest absolute Gasteiger partial charge is 0.253 e. The molecule has 1 aliphatic rings. The largest absolute Gasteiger partial charge is 0.494 e. The SMILES string of the molecule is CCOc1ccc(CN2CCN(C(=O)c3ccc(-n4ccnc4)cc3)CC2)cc1. The van der Waals surface area contributed by atoms with Gasteiger partial charge in [0, 0.05) is 56.4 Å². The quantitative estimate of drug-likeness (QED) is 0.648. The molecule has 6 heteroatoms. The van der Waals surface area contributed by atoms with E-state index in [4.69, 9.17) is 4.74 Å². The molecule has 1 aliphatic heterocycles. The number of carbonyl (C=O) groups excluding carboxylic acids is 1. The predicted molar refractivity (Wildman–Crippen MR) is 112 cm³/mol. The van der Waals surface area contributed by atoms with Crippen LogP contribution in [-0.2, 0) is 6.54 Å². The Hall–Kier alpha value is -3.12. The van der Waals surface area contributed by atoms with Crippen LogP contribution in [0.3, 0.4) is 0 Å². The number of carbonyl (C=O) groups is 1. The van der Waals surface area contributed by atoms with E-state index in [1.807, 2.05) is 59.0 Å². The van der Waals surface area contributed by atoms with E-state index in [-0.39, 0.29) is 5.91 Å². The van der Waals surface area contributed by atoms with Crippen molar-refractivity contribution in [2.45, 2.75) is 13.5 Å². The second-order valence-corrected chi connectivity index (χ2v) is 7.16. The van der Waals surface area contributed by atoms with Gasteiger partial charge in [0.2, 0.25) is 0 Å². The van der Waals surface area contributed by atoms with E-state index in [1.165, 1.54) is 5.56 Å². The average Bonchev–Trinajstić information content (AvgIpc) is 3.31. The van der Waals surface area contributed by atoms with Crippen molar-refractivity contribution in [1.82, 2.24) is 19.4 Å². The lowest BCUT2D eigenvalue weighted by Gasteiger charge is -2.34. The number of benzene rings is 2. The molecule has 0 atom stereocenters. The third-order valence-corrected chi connectivity index (χ3v) is 5.22. The van der Waals surface area contributed by atoms with Crippen LogP contribution < -0.4 is 4.74 Å². The Kier molecular flexibility index (Phi) is 5.91. The topological polar surface area (TPSA) is 50.6 Å². The van der Waals surface area contributed by atoms with Crippen molar-refractivity contribution in [1.29, 1.82) is 0 Å². The van der Waals surface area contributed by atoms with E-state index in [1.54, 1.807) is 12.5 Å². The summed E-state index contributed by atoms with van der Waals surface area (Å²) in [6, 6.07) is 16.0. The van der Waals surface area contributed by atoms with Gasteiger partial charge in [-0.05, 0) is 48.9 Å². The number of rotatable bonds is 6. The van der Waals surface area contributed by atoms with Crippen molar-refractivity contribution in [2.75, 3.05) is 32.8 Å². The summed E-state index contributed by atoms with van der Waals surface area (Å²) in [5.41, 5.74) is 3.00. The third-order valence-electron chi connectivity index (χ3n) is 5.22. The standard InChI is InChI=1S/C23H26N4O2/c1-2-29-22-9-3-19(4-10-22)17-25-13-15-26(16-14-25)23(28)20-5-7-21(8-6-20)27-12-11-24-18-27/h3-12,18H,2,13-17H2,1H3. The van der Waals surface area contributed by atoms with E-state index in [0.29, 0.717) is 6.61 Å². The van der Waals surface area contributed by atoms with E-state index in [9.17, 15) is 4.79 Å². The lowest BCUT2D eigenvalue weighted by molar-refractivity contribution is 0.0628. The first-order valence-electron chi connectivity index (χ1n) is 10.0. The maximum absolute atomic E-state index is 12.8. The number of aromatic nitrogens is 2. The molecule has 0 N–H and O–H groups in total. The molecule has 150 valence electrons. The Morgan fingerprint density at radius 3 is 2.34 bits per heavy atom. The van der Waals surface area contributed by atoms with Crippen LogP contribution in [0.5, 0.6) is 5.75 Å². The van der Waals surface area contributed by atoms with Gasteiger partial charge in [-0.15, -0.1) is 0 Å². The fraction of sp³-hybridized carbons (Fsp3) is 0.304. The van der Waals surface area contributed by atoms with Crippen LogP contribution in [0.2, 0.25) is 0 Å². The second kappa shape index (κ2) is 8.92. The molecule has 1 aromatic heterocycles. The van der Waals surface area contributed by atoms with Crippen molar-refractivity contribution < 1.29 is 9.53 Å². The monoisotopic (exact) mass is 390 g/mol. The average molecular weight is 390 g/mol. The Balaban J connectivity index is 1.30. The number of hydrogen-bond acceptors (Lipinski definition) is 4. The lowest BCUT2D eigenvalue weighted by atomic mass is 10.1. The van der Waals surface area contributed by atoms with Crippen LogP contribution in [0, 0.1) is 0 Å². The first kappa shape index (κ1) is 19.2. The number of piperazine rings is 1. The first-order chi connectivity index (χ1) is 14.2. The molecule has 0 aliphatic carbocycles. The Bertz CT molecular complexity index is 913. The van der Waals surface area contributed by atoms with Gasteiger partial charge in [0.1, 0.15) is 5.75 Å². The van der Waals surface area contributed by atoms with E-state index in [0.717, 1.165) is 49.7 Å². The minimum Gasteiger partial charge on any atom is -0.494 e. The van der Waals surface area contributed by atoms with Crippen molar-refractivity contribution in [3.63, 3.8) is 0 Å². The zero-order valence-electron chi connectivity index (χ0n) is 16.7. The molecule has 2 heterocycles. The van der Waals surface area contributed by atoms with Crippen LogP contribution in [0.15, 0.2) is 67.3 Å². The molecule has 0 unspecified atom stereocenters. The molecule has 0 spiro atoms. The molecule has 6 nitrogen and oxygen atoms in total. The highest BCUT2D eigenvalue weighted by atomic mass is 16.5. The molecule has 29 heavy (non-hydrogen) atoms. The van der Waals surface area contributed by atoms with Crippen molar-refractivity contribution >= 4 is 5.91 Å². The molecule has 0 bridgehead atoms. The highest BCUT2D eigenvalue weighted by Gasteiger charge is 2.22. The van der Waals surface area contributed by atoms with Gasteiger partial charge in [-0.3, -0.25) is 9.69 Å². The second-order valence-electron chi connectivity index (χ2n) is 7.16. The number of imidazole rings is 1. The van der Waals surface area contributed by atoms with Crippen molar-refractivity contribution in [2.24, 2.45) is 0 Å². The highest BCUT2D eigenvalue weighted by molar-refractivity contribution is 5.94. The van der Waals surface area contributed by atoms with Gasteiger partial charge in [-0.25, -0.2) is 4.98 Å². The fourth-order valence-corrected chi connectivity index (χ4v) is 3.60.